The second-order valence-corrected chi connectivity index (χ2v) is 6.30. The van der Waals surface area contributed by atoms with Crippen LogP contribution < -0.4 is 5.73 Å². The number of hydrogen-bond donors (Lipinski definition) is 1. The Balaban J connectivity index is 1.97. The molecule has 0 radical (unpaired) electrons. The van der Waals surface area contributed by atoms with Gasteiger partial charge >= 0.3 is 0 Å². The van der Waals surface area contributed by atoms with E-state index in [2.05, 4.69) is 42.7 Å². The molecular weight excluding hydrogens is 228 g/mol. The SMILES string of the molecule is CC(C)c1nc(CN2CCC(N)C(C)(C)C2)no1. The molecule has 0 aromatic carbocycles. The molecule has 1 aromatic rings. The van der Waals surface area contributed by atoms with Gasteiger partial charge in [-0.1, -0.05) is 32.9 Å². The fourth-order valence-electron chi connectivity index (χ4n) is 2.39. The van der Waals surface area contributed by atoms with Gasteiger partial charge in [0.1, 0.15) is 0 Å². The van der Waals surface area contributed by atoms with Crippen LogP contribution in [0.25, 0.3) is 0 Å². The van der Waals surface area contributed by atoms with Gasteiger partial charge in [-0.05, 0) is 11.8 Å². The quantitative estimate of drug-likeness (QED) is 0.887. The lowest BCUT2D eigenvalue weighted by Gasteiger charge is -2.42. The fraction of sp³-hybridized carbons (Fsp3) is 0.846. The van der Waals surface area contributed by atoms with Crippen LogP contribution in [-0.4, -0.2) is 34.2 Å². The highest BCUT2D eigenvalue weighted by Crippen LogP contribution is 2.28. The zero-order valence-corrected chi connectivity index (χ0v) is 11.8. The Labute approximate surface area is 109 Å². The maximum atomic E-state index is 6.14. The Hall–Kier alpha value is -0.940. The molecule has 2 heterocycles. The van der Waals surface area contributed by atoms with Crippen LogP contribution in [0.15, 0.2) is 4.52 Å². The molecule has 2 rings (SSSR count). The Kier molecular flexibility index (Phi) is 3.73. The summed E-state index contributed by atoms with van der Waals surface area (Å²) < 4.78 is 5.23. The van der Waals surface area contributed by atoms with Crippen molar-refractivity contribution in [2.24, 2.45) is 11.1 Å². The van der Waals surface area contributed by atoms with Gasteiger partial charge in [0, 0.05) is 25.0 Å². The van der Waals surface area contributed by atoms with E-state index in [1.807, 2.05) is 0 Å². The molecular formula is C13H24N4O. The maximum Gasteiger partial charge on any atom is 0.229 e. The number of aromatic nitrogens is 2. The van der Waals surface area contributed by atoms with E-state index in [4.69, 9.17) is 10.3 Å². The summed E-state index contributed by atoms with van der Waals surface area (Å²) in [6, 6.07) is 0.283. The Morgan fingerprint density at radius 2 is 2.22 bits per heavy atom. The highest BCUT2D eigenvalue weighted by atomic mass is 16.5. The first kappa shape index (κ1) is 13.5. The van der Waals surface area contributed by atoms with Crippen molar-refractivity contribution in [1.82, 2.24) is 15.0 Å². The molecule has 0 spiro atoms. The highest BCUT2D eigenvalue weighted by Gasteiger charge is 2.33. The van der Waals surface area contributed by atoms with E-state index in [0.717, 1.165) is 37.8 Å². The third-order valence-electron chi connectivity index (χ3n) is 3.73. The van der Waals surface area contributed by atoms with E-state index in [-0.39, 0.29) is 17.4 Å². The summed E-state index contributed by atoms with van der Waals surface area (Å²) in [4.78, 5) is 6.78. The molecule has 1 atom stereocenters. The number of nitrogens with zero attached hydrogens (tertiary/aromatic N) is 3. The van der Waals surface area contributed by atoms with Crippen molar-refractivity contribution < 1.29 is 4.52 Å². The number of likely N-dealkylation sites (tertiary alicyclic amines) is 1. The summed E-state index contributed by atoms with van der Waals surface area (Å²) in [5.41, 5.74) is 6.29. The van der Waals surface area contributed by atoms with Gasteiger partial charge in [0.05, 0.1) is 6.54 Å². The monoisotopic (exact) mass is 252 g/mol. The van der Waals surface area contributed by atoms with Crippen LogP contribution in [0, 0.1) is 5.41 Å². The molecule has 1 aliphatic heterocycles. The summed E-state index contributed by atoms with van der Waals surface area (Å²) in [6.45, 7) is 11.3. The maximum absolute atomic E-state index is 6.14. The molecule has 18 heavy (non-hydrogen) atoms. The molecule has 1 saturated heterocycles. The highest BCUT2D eigenvalue weighted by molar-refractivity contribution is 4.94. The lowest BCUT2D eigenvalue weighted by Crippen LogP contribution is -2.52. The van der Waals surface area contributed by atoms with Gasteiger partial charge in [0.2, 0.25) is 5.89 Å². The molecule has 1 fully saturated rings. The van der Waals surface area contributed by atoms with Crippen molar-refractivity contribution in [3.05, 3.63) is 11.7 Å². The van der Waals surface area contributed by atoms with E-state index in [1.54, 1.807) is 0 Å². The smallest absolute Gasteiger partial charge is 0.229 e. The third kappa shape index (κ3) is 2.90. The van der Waals surface area contributed by atoms with Crippen molar-refractivity contribution in [2.75, 3.05) is 13.1 Å². The largest absolute Gasteiger partial charge is 0.339 e. The van der Waals surface area contributed by atoms with E-state index in [1.165, 1.54) is 0 Å². The van der Waals surface area contributed by atoms with Gasteiger partial charge in [0.25, 0.3) is 0 Å². The zero-order chi connectivity index (χ0) is 13.3. The van der Waals surface area contributed by atoms with Crippen LogP contribution in [0.1, 0.15) is 51.7 Å². The van der Waals surface area contributed by atoms with Gasteiger partial charge in [-0.3, -0.25) is 4.90 Å². The lowest BCUT2D eigenvalue weighted by molar-refractivity contribution is 0.0872. The standard InChI is InChI=1S/C13H24N4O/c1-9(2)12-15-11(16-18-12)7-17-6-5-10(14)13(3,4)8-17/h9-10H,5-8,14H2,1-4H3. The predicted molar refractivity (Wildman–Crippen MR) is 70.0 cm³/mol. The first-order valence-corrected chi connectivity index (χ1v) is 6.69. The van der Waals surface area contributed by atoms with Gasteiger partial charge in [-0.25, -0.2) is 0 Å². The van der Waals surface area contributed by atoms with E-state index < -0.39 is 0 Å². The van der Waals surface area contributed by atoms with Gasteiger partial charge in [0.15, 0.2) is 5.82 Å². The van der Waals surface area contributed by atoms with Crippen molar-refractivity contribution in [1.29, 1.82) is 0 Å². The average molecular weight is 252 g/mol. The van der Waals surface area contributed by atoms with Crippen molar-refractivity contribution in [3.63, 3.8) is 0 Å². The first-order chi connectivity index (χ1) is 8.38. The molecule has 2 N–H and O–H groups in total. The van der Waals surface area contributed by atoms with Gasteiger partial charge in [-0.2, -0.15) is 4.98 Å². The summed E-state index contributed by atoms with van der Waals surface area (Å²) in [7, 11) is 0. The van der Waals surface area contributed by atoms with Crippen LogP contribution in [-0.2, 0) is 6.54 Å². The number of nitrogens with two attached hydrogens (primary N) is 1. The number of rotatable bonds is 3. The molecule has 5 nitrogen and oxygen atoms in total. The number of hydrogen-bond acceptors (Lipinski definition) is 5. The van der Waals surface area contributed by atoms with Crippen LogP contribution in [0.2, 0.25) is 0 Å². The molecule has 0 saturated carbocycles. The van der Waals surface area contributed by atoms with Crippen molar-refractivity contribution in [3.8, 4) is 0 Å². The summed E-state index contributed by atoms with van der Waals surface area (Å²) in [6.07, 6.45) is 1.03. The average Bonchev–Trinajstić information content (AvgIpc) is 2.72. The summed E-state index contributed by atoms with van der Waals surface area (Å²) in [5, 5.41) is 4.04. The van der Waals surface area contributed by atoms with Crippen LogP contribution >= 0.6 is 0 Å². The molecule has 5 heteroatoms. The van der Waals surface area contributed by atoms with Gasteiger partial charge < -0.3 is 10.3 Å². The Bertz CT molecular complexity index is 399. The van der Waals surface area contributed by atoms with Gasteiger partial charge in [-0.15, -0.1) is 0 Å². The molecule has 1 aliphatic rings. The summed E-state index contributed by atoms with van der Waals surface area (Å²) >= 11 is 0. The molecule has 0 bridgehead atoms. The normalized spacial score (nSPS) is 24.7. The second-order valence-electron chi connectivity index (χ2n) is 6.30. The summed E-state index contributed by atoms with van der Waals surface area (Å²) in [5.74, 6) is 1.79. The fourth-order valence-corrected chi connectivity index (χ4v) is 2.39. The van der Waals surface area contributed by atoms with Crippen LogP contribution in [0.5, 0.6) is 0 Å². The molecule has 1 unspecified atom stereocenters. The first-order valence-electron chi connectivity index (χ1n) is 6.69. The van der Waals surface area contributed by atoms with Crippen molar-refractivity contribution in [2.45, 2.75) is 52.6 Å². The predicted octanol–water partition coefficient (Wildman–Crippen LogP) is 1.75. The number of piperidine rings is 1. The Morgan fingerprint density at radius 3 is 2.78 bits per heavy atom. The molecule has 102 valence electrons. The van der Waals surface area contributed by atoms with E-state index >= 15 is 0 Å². The van der Waals surface area contributed by atoms with Crippen LogP contribution in [0.3, 0.4) is 0 Å². The molecule has 0 amide bonds. The lowest BCUT2D eigenvalue weighted by atomic mass is 9.80. The van der Waals surface area contributed by atoms with Crippen LogP contribution in [0.4, 0.5) is 0 Å². The molecule has 0 aliphatic carbocycles. The Morgan fingerprint density at radius 1 is 1.50 bits per heavy atom. The zero-order valence-electron chi connectivity index (χ0n) is 11.8. The topological polar surface area (TPSA) is 68.2 Å². The van der Waals surface area contributed by atoms with Crippen molar-refractivity contribution >= 4 is 0 Å². The molecule has 1 aromatic heterocycles. The minimum absolute atomic E-state index is 0.156. The second kappa shape index (κ2) is 4.97. The minimum atomic E-state index is 0.156. The van der Waals surface area contributed by atoms with E-state index in [9.17, 15) is 0 Å². The minimum Gasteiger partial charge on any atom is -0.339 e. The van der Waals surface area contributed by atoms with E-state index in [0.29, 0.717) is 0 Å². The third-order valence-corrected chi connectivity index (χ3v) is 3.73.